The van der Waals surface area contributed by atoms with Crippen LogP contribution in [0.5, 0.6) is 23.0 Å². The van der Waals surface area contributed by atoms with Crippen molar-refractivity contribution in [2.45, 2.75) is 52.4 Å². The molecule has 0 aliphatic rings. The number of nitrogens with one attached hydrogen (secondary N) is 5. The van der Waals surface area contributed by atoms with Crippen LogP contribution in [0.15, 0.2) is 286 Å². The number of nitriles is 3. The van der Waals surface area contributed by atoms with E-state index in [1.54, 1.807) is 74.5 Å². The average Bonchev–Trinajstić information content (AvgIpc) is 0.796. The third-order valence-electron chi connectivity index (χ3n) is 19.1. The maximum Gasteiger partial charge on any atom is 0.501 e. The normalized spacial score (nSPS) is 11.8. The van der Waals surface area contributed by atoms with Crippen molar-refractivity contribution in [1.29, 1.82) is 15.8 Å². The van der Waals surface area contributed by atoms with Gasteiger partial charge in [0.15, 0.2) is 0 Å². The number of ether oxygens (including phenoxy) is 2. The van der Waals surface area contributed by atoms with Crippen LogP contribution >= 0.6 is 93.0 Å². The second kappa shape index (κ2) is 43.4. The number of aryl methyl sites for hydroxylation is 2. The largest absolute Gasteiger partial charge is 0.501 e. The van der Waals surface area contributed by atoms with Gasteiger partial charge < -0.3 is 9.47 Å². The van der Waals surface area contributed by atoms with Gasteiger partial charge in [-0.15, -0.1) is 0 Å². The molecule has 0 saturated heterocycles. The maximum atomic E-state index is 13.1. The summed E-state index contributed by atoms with van der Waals surface area (Å²) in [6.45, 7) is 3.26. The first-order chi connectivity index (χ1) is 64.7. The molecular weight excluding hydrogens is 2000 g/mol. The molecule has 15 rings (SSSR count). The number of aromatic nitrogens is 15. The lowest BCUT2D eigenvalue weighted by Gasteiger charge is -2.15. The SMILES string of the molecule is Cc1cc(-n2c(=O)[nH]c(=O)n(C)c2=O)ccc1Oc1ccc(S(=O)(=O)C(F)(F)F)cc1.Cc1cc(-n2c(=O)[nH]c(=O)n(C)c2=O)ccc1Oc1ccc(SC(F)(F)F)cc1.N#CC(c1ccc(Cl)cc1)c1c(Cl)cc(-n2ncc(=O)[nH]c2=O)cc1Cl.N#CC(c1ccc(Cl)cc1)c1ccc(-n2ncc(=O)[nH]c2=O)cc1Cl.N#CC(c1ccc(F)cc1)c1c(Cl)cc(-n2ncc(=O)[nH]c2=O)cc1Cl. The Bertz CT molecular complexity index is 8010. The van der Waals surface area contributed by atoms with E-state index < -0.39 is 117 Å². The van der Waals surface area contributed by atoms with Crippen molar-refractivity contribution in [3.8, 4) is 69.6 Å². The Morgan fingerprint density at radius 1 is 0.394 bits per heavy atom. The number of halogens is 14. The lowest BCUT2D eigenvalue weighted by atomic mass is 9.92. The molecule has 0 saturated carbocycles. The number of nitrogens with zero attached hydrogens (tertiary/aromatic N) is 13. The molecule has 5 aromatic heterocycles. The Kier molecular flexibility index (Phi) is 32.4. The smallest absolute Gasteiger partial charge is 0.457 e. The van der Waals surface area contributed by atoms with Crippen molar-refractivity contribution in [3.05, 3.63) is 430 Å². The number of aromatic amines is 5. The van der Waals surface area contributed by atoms with E-state index in [1.807, 2.05) is 9.97 Å². The second-order valence-electron chi connectivity index (χ2n) is 28.1. The molecule has 5 heterocycles. The van der Waals surface area contributed by atoms with E-state index in [-0.39, 0.29) is 71.0 Å². The molecule has 0 radical (unpaired) electrons. The lowest BCUT2D eigenvalue weighted by Crippen LogP contribution is -2.47. The van der Waals surface area contributed by atoms with Gasteiger partial charge in [-0.05, 0) is 217 Å². The van der Waals surface area contributed by atoms with Gasteiger partial charge in [0.2, 0.25) is 0 Å². The highest BCUT2D eigenvalue weighted by atomic mass is 35.5. The van der Waals surface area contributed by atoms with Crippen molar-refractivity contribution in [2.75, 3.05) is 0 Å². The fourth-order valence-electron chi connectivity index (χ4n) is 12.5. The summed E-state index contributed by atoms with van der Waals surface area (Å²) >= 11 is 43.2. The standard InChI is InChI=1S/C18H14F3N3O6S.C18H14F3N3O4S.C17H9Cl3N4O2.C17H9Cl2FN4O2.C17H10Cl2N4O2/c1-10-9-11(24-16(26)22-15(25)23(2)17(24)27)3-8-14(10)30-12-4-6-13(7-5-12)31(28,29)18(19,20)21;1-10-9-11(24-16(26)22-15(25)23(2)17(24)27)3-8-14(10)28-12-4-6-13(7-5-12)29-18(19,20)21;18-10-3-1-9(2-4-10)12(7-21)16-13(19)5-11(6-14(16)20)24-17(26)23-15(25)8-22-24;18-13-5-11(24-17(26)23-15(25)8-22-24)6-14(19)16(13)12(7-21)9-1-3-10(20)4-2-9;18-11-3-1-10(2-4-11)14(8-20)13-6-5-12(7-15(13)19)23-17(25)22-16(24)9-21-23/h3-9H,1-2H3,(H,22,25,26);3-9H,1-2H3,(H,22,25,26);2*1-6,8,12H,(H,23,25,26);1-7,9,14H,(H,22,24,25). The molecule has 0 fully saturated rings. The molecule has 0 aliphatic carbocycles. The summed E-state index contributed by atoms with van der Waals surface area (Å²) in [4.78, 5) is 150. The molecular formula is C87H56Cl7F7N18O16S2. The summed E-state index contributed by atoms with van der Waals surface area (Å²) in [6, 6.07) is 53.8. The number of sulfone groups is 1. The van der Waals surface area contributed by atoms with Gasteiger partial charge in [0.1, 0.15) is 47.4 Å². The zero-order chi connectivity index (χ0) is 100. The van der Waals surface area contributed by atoms with Crippen LogP contribution in [-0.2, 0) is 23.9 Å². The first-order valence-corrected chi connectivity index (χ1v) is 43.1. The van der Waals surface area contributed by atoms with Crippen LogP contribution < -0.4 is 77.4 Å². The lowest BCUT2D eigenvalue weighted by molar-refractivity contribution is -0.0436. The van der Waals surface area contributed by atoms with E-state index in [0.717, 1.165) is 80.7 Å². The Morgan fingerprint density at radius 2 is 0.730 bits per heavy atom. The summed E-state index contributed by atoms with van der Waals surface area (Å²) in [7, 11) is -3.03. The van der Waals surface area contributed by atoms with E-state index in [2.05, 4.69) is 48.5 Å². The molecule has 34 nitrogen and oxygen atoms in total. The number of benzene rings is 10. The van der Waals surface area contributed by atoms with Gasteiger partial charge >= 0.3 is 62.2 Å². The third-order valence-corrected chi connectivity index (χ3v) is 23.4. The molecule has 3 atom stereocenters. The highest BCUT2D eigenvalue weighted by Crippen LogP contribution is 2.42. The minimum absolute atomic E-state index is 0.0326. The van der Waals surface area contributed by atoms with E-state index >= 15 is 0 Å². The van der Waals surface area contributed by atoms with Gasteiger partial charge in [-0.25, -0.2) is 74.2 Å². The summed E-state index contributed by atoms with van der Waals surface area (Å²) in [6.07, 6.45) is 2.89. The Balaban J connectivity index is 0.000000165. The topological polar surface area (TPSA) is 481 Å². The number of hydrogen-bond donors (Lipinski definition) is 5. The molecule has 700 valence electrons. The number of hydrogen-bond acceptors (Lipinski definition) is 23. The van der Waals surface area contributed by atoms with Crippen LogP contribution in [-0.4, -0.2) is 92.0 Å². The second-order valence-corrected chi connectivity index (χ2v) is 34.1. The number of rotatable bonds is 17. The minimum atomic E-state index is -5.47. The minimum Gasteiger partial charge on any atom is -0.457 e. The highest BCUT2D eigenvalue weighted by Gasteiger charge is 2.47. The van der Waals surface area contributed by atoms with Crippen molar-refractivity contribution in [1.82, 2.24) is 72.5 Å². The Labute approximate surface area is 800 Å². The van der Waals surface area contributed by atoms with Gasteiger partial charge in [-0.3, -0.25) is 39.3 Å². The zero-order valence-electron chi connectivity index (χ0n) is 69.5. The molecule has 15 aromatic rings. The van der Waals surface area contributed by atoms with Crippen LogP contribution in [0.25, 0.3) is 28.4 Å². The predicted molar refractivity (Wildman–Crippen MR) is 492 cm³/mol. The molecule has 50 heteroatoms. The van der Waals surface area contributed by atoms with Gasteiger partial charge in [0.25, 0.3) is 26.5 Å². The fourth-order valence-corrected chi connectivity index (χ4v) is 15.7. The van der Waals surface area contributed by atoms with Crippen molar-refractivity contribution < 1.29 is 48.6 Å². The molecule has 137 heavy (non-hydrogen) atoms. The van der Waals surface area contributed by atoms with Gasteiger partial charge in [-0.1, -0.05) is 124 Å². The number of H-pyrrole nitrogens is 5. The monoisotopic (exact) mass is 2050 g/mol. The van der Waals surface area contributed by atoms with Gasteiger partial charge in [0.05, 0.1) is 69.3 Å². The fraction of sp³-hybridized carbons (Fsp3) is 0.103. The first-order valence-electron chi connectivity index (χ1n) is 38.2. The van der Waals surface area contributed by atoms with E-state index in [0.29, 0.717) is 71.2 Å². The Hall–Kier alpha value is -15.2. The molecule has 3 unspecified atom stereocenters. The zero-order valence-corrected chi connectivity index (χ0v) is 76.4. The van der Waals surface area contributed by atoms with Crippen molar-refractivity contribution >= 4 is 103 Å². The van der Waals surface area contributed by atoms with Crippen LogP contribution in [0.2, 0.25) is 35.2 Å². The number of alkyl halides is 6. The summed E-state index contributed by atoms with van der Waals surface area (Å²) in [5, 5.41) is 42.0. The number of thioether (sulfide) groups is 1. The summed E-state index contributed by atoms with van der Waals surface area (Å²) in [5.41, 5.74) is -13.4. The summed E-state index contributed by atoms with van der Waals surface area (Å²) < 4.78 is 128. The predicted octanol–water partition coefficient (Wildman–Crippen LogP) is 14.0. The first kappa shape index (κ1) is 102. The molecule has 0 spiro atoms. The van der Waals surface area contributed by atoms with Gasteiger partial charge in [-0.2, -0.15) is 71.5 Å². The molecule has 0 amide bonds. The van der Waals surface area contributed by atoms with Gasteiger partial charge in [0, 0.05) is 65.3 Å². The Morgan fingerprint density at radius 3 is 1.07 bits per heavy atom. The van der Waals surface area contributed by atoms with E-state index in [9.17, 15) is 112 Å². The highest BCUT2D eigenvalue weighted by molar-refractivity contribution is 8.00. The van der Waals surface area contributed by atoms with Crippen molar-refractivity contribution in [2.24, 2.45) is 14.1 Å². The van der Waals surface area contributed by atoms with E-state index in [4.69, 9.17) is 90.7 Å². The molecule has 10 aromatic carbocycles. The van der Waals surface area contributed by atoms with Crippen LogP contribution in [0.1, 0.15) is 62.3 Å². The maximum absolute atomic E-state index is 13.1. The van der Waals surface area contributed by atoms with Crippen LogP contribution in [0, 0.1) is 53.7 Å². The third kappa shape index (κ3) is 24.7. The van der Waals surface area contributed by atoms with Crippen LogP contribution in [0.3, 0.4) is 0 Å². The van der Waals surface area contributed by atoms with Crippen LogP contribution in [0.4, 0.5) is 30.7 Å². The molecule has 5 N–H and O–H groups in total. The summed E-state index contributed by atoms with van der Waals surface area (Å²) in [5.74, 6) is -1.55. The molecule has 0 bridgehead atoms. The van der Waals surface area contributed by atoms with Crippen molar-refractivity contribution in [3.63, 3.8) is 0 Å². The van der Waals surface area contributed by atoms with E-state index in [1.165, 1.54) is 129 Å². The average molecular weight is 2050 g/mol. The quantitative estimate of drug-likeness (QED) is 0.0417. The molecule has 0 aliphatic heterocycles.